The fourth-order valence-electron chi connectivity index (χ4n) is 4.17. The Labute approximate surface area is 274 Å². The highest BCUT2D eigenvalue weighted by molar-refractivity contribution is 5.99. The third-order valence-electron chi connectivity index (χ3n) is 6.68. The van der Waals surface area contributed by atoms with Crippen LogP contribution < -0.4 is 32.3 Å². The monoisotopic (exact) mass is 664 g/mol. The molecule has 0 bridgehead atoms. The van der Waals surface area contributed by atoms with E-state index in [2.05, 4.69) is 31.3 Å². The molecule has 4 atom stereocenters. The number of esters is 2. The van der Waals surface area contributed by atoms with Crippen molar-refractivity contribution >= 4 is 47.3 Å². The van der Waals surface area contributed by atoms with Gasteiger partial charge in [0.1, 0.15) is 18.1 Å². The summed E-state index contributed by atoms with van der Waals surface area (Å²) in [6, 6.07) is 1.59. The number of hydrogen-bond donors (Lipinski definition) is 7. The summed E-state index contributed by atoms with van der Waals surface area (Å²) in [5.74, 6) is -4.25. The predicted molar refractivity (Wildman–Crippen MR) is 170 cm³/mol. The van der Waals surface area contributed by atoms with E-state index in [9.17, 15) is 38.7 Å². The van der Waals surface area contributed by atoms with Crippen LogP contribution >= 0.6 is 0 Å². The molecule has 0 aliphatic rings. The summed E-state index contributed by atoms with van der Waals surface area (Å²) in [5.41, 5.74) is 5.64. The van der Waals surface area contributed by atoms with Crippen LogP contribution in [0.5, 0.6) is 0 Å². The number of benzene rings is 1. The molecule has 16 nitrogen and oxygen atoms in total. The summed E-state index contributed by atoms with van der Waals surface area (Å²) in [7, 11) is 1.14. The fraction of sp³-hybridized carbons (Fsp3) is 0.581. The number of methoxy groups -OCH3 is 1. The molecule has 0 aliphatic carbocycles. The van der Waals surface area contributed by atoms with Gasteiger partial charge in [0.25, 0.3) is 0 Å². The van der Waals surface area contributed by atoms with E-state index in [4.69, 9.17) is 10.5 Å². The molecule has 1 unspecified atom stereocenters. The van der Waals surface area contributed by atoms with E-state index >= 15 is 0 Å². The van der Waals surface area contributed by atoms with E-state index in [0.717, 1.165) is 7.11 Å². The van der Waals surface area contributed by atoms with Crippen molar-refractivity contribution in [2.24, 2.45) is 17.6 Å². The standard InChI is InChI=1S/C31H48N6O10/c1-17(2)16-47-24(39)14-13-23(34-19(5)38)28(42)37-25(18(3)4)29(43)36-22(8-7-15-33-31(32)45)27(41)35-21-11-9-20(10-12-21)26(40)30(44)46-6/h9-12,17-18,22-23,25-26,40H,7-8,13-16H2,1-6H3,(H,34,38)(H,35,41)(H,36,43)(H,37,42)(H3,32,33,45)/t22-,23-,25-,26?/m0/s1. The van der Waals surface area contributed by atoms with Gasteiger partial charge in [0, 0.05) is 25.6 Å². The lowest BCUT2D eigenvalue weighted by Crippen LogP contribution is -2.57. The van der Waals surface area contributed by atoms with Gasteiger partial charge in [-0.3, -0.25) is 24.0 Å². The number of hydrogen-bond acceptors (Lipinski definition) is 10. The third kappa shape index (κ3) is 15.4. The summed E-state index contributed by atoms with van der Waals surface area (Å²) in [6.07, 6.45) is -1.40. The second-order valence-electron chi connectivity index (χ2n) is 11.6. The molecule has 0 heterocycles. The van der Waals surface area contributed by atoms with Gasteiger partial charge in [-0.1, -0.05) is 39.8 Å². The molecular weight excluding hydrogens is 616 g/mol. The van der Waals surface area contributed by atoms with E-state index in [0.29, 0.717) is 5.69 Å². The lowest BCUT2D eigenvalue weighted by molar-refractivity contribution is -0.150. The van der Waals surface area contributed by atoms with Gasteiger partial charge in [-0.15, -0.1) is 0 Å². The Kier molecular flexibility index (Phi) is 17.5. The number of nitrogens with one attached hydrogen (secondary N) is 5. The number of ether oxygens (including phenoxy) is 2. The normalized spacial score (nSPS) is 13.4. The van der Waals surface area contributed by atoms with Gasteiger partial charge >= 0.3 is 18.0 Å². The van der Waals surface area contributed by atoms with Gasteiger partial charge in [-0.25, -0.2) is 9.59 Å². The molecule has 0 aromatic heterocycles. The van der Waals surface area contributed by atoms with Crippen LogP contribution in [0.4, 0.5) is 10.5 Å². The van der Waals surface area contributed by atoms with Crippen molar-refractivity contribution < 1.29 is 48.1 Å². The number of primary amides is 1. The maximum absolute atomic E-state index is 13.5. The fourth-order valence-corrected chi connectivity index (χ4v) is 4.17. The van der Waals surface area contributed by atoms with Crippen molar-refractivity contribution in [3.05, 3.63) is 29.8 Å². The molecule has 0 aliphatic heterocycles. The van der Waals surface area contributed by atoms with Crippen molar-refractivity contribution in [1.82, 2.24) is 21.3 Å². The van der Waals surface area contributed by atoms with Gasteiger partial charge in [-0.2, -0.15) is 0 Å². The lowest BCUT2D eigenvalue weighted by atomic mass is 10.0. The van der Waals surface area contributed by atoms with Gasteiger partial charge in [0.2, 0.25) is 23.6 Å². The van der Waals surface area contributed by atoms with Gasteiger partial charge in [0.05, 0.1) is 13.7 Å². The second-order valence-corrected chi connectivity index (χ2v) is 11.6. The van der Waals surface area contributed by atoms with Crippen molar-refractivity contribution in [2.75, 3.05) is 25.6 Å². The van der Waals surface area contributed by atoms with Crippen molar-refractivity contribution in [2.45, 2.75) is 84.5 Å². The molecule has 6 amide bonds. The number of carbonyl (C=O) groups is 7. The highest BCUT2D eigenvalue weighted by Crippen LogP contribution is 2.18. The van der Waals surface area contributed by atoms with E-state index < -0.39 is 71.7 Å². The number of aliphatic hydroxyl groups is 1. The summed E-state index contributed by atoms with van der Waals surface area (Å²) in [4.78, 5) is 86.6. The van der Waals surface area contributed by atoms with E-state index in [1.165, 1.54) is 31.2 Å². The van der Waals surface area contributed by atoms with Gasteiger partial charge in [-0.05, 0) is 48.8 Å². The quantitative estimate of drug-likeness (QED) is 0.0792. The van der Waals surface area contributed by atoms with E-state index in [1.807, 2.05) is 13.8 Å². The number of rotatable bonds is 19. The van der Waals surface area contributed by atoms with Crippen LogP contribution in [0.2, 0.25) is 0 Å². The Balaban J connectivity index is 3.07. The summed E-state index contributed by atoms with van der Waals surface area (Å²) in [5, 5.41) is 22.8. The molecule has 1 aromatic rings. The number of aliphatic hydroxyl groups excluding tert-OH is 1. The first kappa shape index (κ1) is 40.3. The van der Waals surface area contributed by atoms with Crippen LogP contribution in [0, 0.1) is 11.8 Å². The smallest absolute Gasteiger partial charge is 0.339 e. The molecule has 0 spiro atoms. The van der Waals surface area contributed by atoms with Gasteiger partial charge < -0.3 is 46.9 Å². The second kappa shape index (κ2) is 20.4. The predicted octanol–water partition coefficient (Wildman–Crippen LogP) is 0.390. The molecule has 0 radical (unpaired) electrons. The lowest BCUT2D eigenvalue weighted by Gasteiger charge is -2.27. The Morgan fingerprint density at radius 3 is 2.00 bits per heavy atom. The molecular formula is C31H48N6O10. The largest absolute Gasteiger partial charge is 0.467 e. The van der Waals surface area contributed by atoms with E-state index in [-0.39, 0.29) is 50.3 Å². The number of nitrogens with two attached hydrogens (primary N) is 1. The first-order chi connectivity index (χ1) is 22.0. The zero-order chi connectivity index (χ0) is 35.7. The first-order valence-corrected chi connectivity index (χ1v) is 15.3. The molecule has 8 N–H and O–H groups in total. The molecule has 1 rings (SSSR count). The summed E-state index contributed by atoms with van der Waals surface area (Å²) >= 11 is 0. The van der Waals surface area contributed by atoms with Gasteiger partial charge in [0.15, 0.2) is 6.10 Å². The SMILES string of the molecule is COC(=O)C(O)c1ccc(NC(=O)[C@H](CCCNC(N)=O)NC(=O)[C@@H](NC(=O)[C@H](CCC(=O)OCC(C)C)NC(C)=O)C(C)C)cc1. The Morgan fingerprint density at radius 2 is 1.47 bits per heavy atom. The van der Waals surface area contributed by atoms with Crippen LogP contribution in [-0.4, -0.2) is 85.1 Å². The highest BCUT2D eigenvalue weighted by atomic mass is 16.5. The molecule has 1 aromatic carbocycles. The Bertz CT molecular complexity index is 1240. The van der Waals surface area contributed by atoms with Crippen LogP contribution in [0.25, 0.3) is 0 Å². The van der Waals surface area contributed by atoms with Crippen molar-refractivity contribution in [1.29, 1.82) is 0 Å². The molecule has 0 saturated carbocycles. The molecule has 16 heteroatoms. The molecule has 0 saturated heterocycles. The first-order valence-electron chi connectivity index (χ1n) is 15.3. The zero-order valence-electron chi connectivity index (χ0n) is 27.7. The minimum atomic E-state index is -1.51. The minimum absolute atomic E-state index is 0.0673. The Hall–Kier alpha value is -4.73. The maximum atomic E-state index is 13.5. The summed E-state index contributed by atoms with van der Waals surface area (Å²) in [6.45, 7) is 8.66. The molecule has 262 valence electrons. The summed E-state index contributed by atoms with van der Waals surface area (Å²) < 4.78 is 9.67. The van der Waals surface area contributed by atoms with Crippen LogP contribution in [0.1, 0.15) is 72.0 Å². The van der Waals surface area contributed by atoms with Crippen LogP contribution in [0.15, 0.2) is 24.3 Å². The number of carbonyl (C=O) groups excluding carboxylic acids is 7. The van der Waals surface area contributed by atoms with E-state index in [1.54, 1.807) is 13.8 Å². The van der Waals surface area contributed by atoms with Crippen LogP contribution in [0.3, 0.4) is 0 Å². The minimum Gasteiger partial charge on any atom is -0.467 e. The molecule has 0 fully saturated rings. The highest BCUT2D eigenvalue weighted by Gasteiger charge is 2.31. The average Bonchev–Trinajstić information content (AvgIpc) is 3.00. The van der Waals surface area contributed by atoms with Crippen molar-refractivity contribution in [3.63, 3.8) is 0 Å². The zero-order valence-corrected chi connectivity index (χ0v) is 27.7. The average molecular weight is 665 g/mol. The third-order valence-corrected chi connectivity index (χ3v) is 6.68. The van der Waals surface area contributed by atoms with Crippen molar-refractivity contribution in [3.8, 4) is 0 Å². The molecule has 47 heavy (non-hydrogen) atoms. The number of amides is 6. The number of anilines is 1. The van der Waals surface area contributed by atoms with Crippen LogP contribution in [-0.2, 0) is 38.2 Å². The Morgan fingerprint density at radius 1 is 0.851 bits per heavy atom. The maximum Gasteiger partial charge on any atom is 0.339 e. The topological polar surface area (TPSA) is 244 Å². The number of urea groups is 1.